The molecule has 0 bridgehead atoms. The van der Waals surface area contributed by atoms with Gasteiger partial charge in [0, 0.05) is 0 Å². The van der Waals surface area contributed by atoms with E-state index in [0.29, 0.717) is 12.8 Å². The molecule has 0 saturated carbocycles. The molecule has 0 nitrogen and oxygen atoms in total. The average Bonchev–Trinajstić information content (AvgIpc) is 1.96. The highest BCUT2D eigenvalue weighted by atomic mass is 19.4. The summed E-state index contributed by atoms with van der Waals surface area (Å²) in [5, 5.41) is 0. The summed E-state index contributed by atoms with van der Waals surface area (Å²) >= 11 is 0. The van der Waals surface area contributed by atoms with Crippen LogP contribution in [0.4, 0.5) is 26.3 Å². The van der Waals surface area contributed by atoms with Crippen molar-refractivity contribution in [1.29, 1.82) is 0 Å². The molecule has 0 radical (unpaired) electrons. The lowest BCUT2D eigenvalue weighted by Crippen LogP contribution is -2.37. The summed E-state index contributed by atoms with van der Waals surface area (Å²) < 4.78 is 72.6. The van der Waals surface area contributed by atoms with E-state index >= 15 is 0 Å². The predicted molar refractivity (Wildman–Crippen MR) is 44.3 cm³/mol. The highest BCUT2D eigenvalue weighted by Crippen LogP contribution is 2.43. The summed E-state index contributed by atoms with van der Waals surface area (Å²) in [5.74, 6) is -3.75. The molecule has 0 heterocycles. The number of hydrogen-bond donors (Lipinski definition) is 0. The van der Waals surface area contributed by atoms with Gasteiger partial charge in [-0.15, -0.1) is 0 Å². The van der Waals surface area contributed by atoms with Gasteiger partial charge in [-0.25, -0.2) is 0 Å². The Morgan fingerprint density at radius 3 is 1.60 bits per heavy atom. The van der Waals surface area contributed by atoms with Crippen LogP contribution in [0.2, 0.25) is 0 Å². The predicted octanol–water partition coefficient (Wildman–Crippen LogP) is 4.55. The van der Waals surface area contributed by atoms with Gasteiger partial charge in [-0.2, -0.15) is 26.3 Å². The first-order chi connectivity index (χ1) is 6.59. The number of halogens is 6. The van der Waals surface area contributed by atoms with Crippen LogP contribution in [-0.2, 0) is 0 Å². The quantitative estimate of drug-likeness (QED) is 0.628. The van der Waals surface area contributed by atoms with Crippen LogP contribution in [0.3, 0.4) is 0 Å². The van der Waals surface area contributed by atoms with Crippen molar-refractivity contribution in [3.05, 3.63) is 0 Å². The minimum atomic E-state index is -5.19. The maximum Gasteiger partial charge on any atom is 0.400 e. The molecular weight excluding hydrogens is 222 g/mol. The highest BCUT2D eigenvalue weighted by molar-refractivity contribution is 4.77. The van der Waals surface area contributed by atoms with Crippen LogP contribution in [-0.4, -0.2) is 12.4 Å². The minimum Gasteiger partial charge on any atom is -0.170 e. The fourth-order valence-corrected chi connectivity index (χ4v) is 1.47. The summed E-state index contributed by atoms with van der Waals surface area (Å²) in [5.41, 5.74) is 0. The molecule has 0 amide bonds. The van der Waals surface area contributed by atoms with Crippen molar-refractivity contribution < 1.29 is 26.3 Å². The lowest BCUT2D eigenvalue weighted by atomic mass is 9.92. The standard InChI is InChI=1S/C9H14F6/c1-3-4-6(2)5-7(8(10,11)12)9(13,14)15/h6-7H,3-5H2,1-2H3. The van der Waals surface area contributed by atoms with E-state index in [4.69, 9.17) is 0 Å². The van der Waals surface area contributed by atoms with Gasteiger partial charge in [0.05, 0.1) is 0 Å². The Kier molecular flexibility index (Phi) is 4.93. The third kappa shape index (κ3) is 5.28. The largest absolute Gasteiger partial charge is 0.400 e. The summed E-state index contributed by atoms with van der Waals surface area (Å²) in [7, 11) is 0. The second-order valence-corrected chi connectivity index (χ2v) is 3.77. The molecule has 6 heteroatoms. The second-order valence-electron chi connectivity index (χ2n) is 3.77. The lowest BCUT2D eigenvalue weighted by Gasteiger charge is -2.25. The van der Waals surface area contributed by atoms with Crippen LogP contribution in [0.15, 0.2) is 0 Å². The van der Waals surface area contributed by atoms with Gasteiger partial charge in [-0.1, -0.05) is 26.7 Å². The monoisotopic (exact) mass is 236 g/mol. The summed E-state index contributed by atoms with van der Waals surface area (Å²) in [6.07, 6.45) is -10.3. The van der Waals surface area contributed by atoms with Crippen LogP contribution >= 0.6 is 0 Å². The number of hydrogen-bond acceptors (Lipinski definition) is 0. The Hall–Kier alpha value is -0.420. The van der Waals surface area contributed by atoms with Gasteiger partial charge in [-0.3, -0.25) is 0 Å². The summed E-state index contributed by atoms with van der Waals surface area (Å²) in [4.78, 5) is 0. The van der Waals surface area contributed by atoms with E-state index in [1.54, 1.807) is 6.92 Å². The molecule has 0 aromatic carbocycles. The maximum atomic E-state index is 12.1. The molecule has 0 spiro atoms. The van der Waals surface area contributed by atoms with Gasteiger partial charge in [-0.05, 0) is 12.3 Å². The molecule has 0 aromatic heterocycles. The van der Waals surface area contributed by atoms with Gasteiger partial charge < -0.3 is 0 Å². The third-order valence-electron chi connectivity index (χ3n) is 2.21. The summed E-state index contributed by atoms with van der Waals surface area (Å²) in [6.45, 7) is 3.14. The van der Waals surface area contributed by atoms with E-state index in [1.807, 2.05) is 0 Å². The van der Waals surface area contributed by atoms with Crippen LogP contribution in [0, 0.1) is 11.8 Å². The van der Waals surface area contributed by atoms with Crippen LogP contribution in [0.1, 0.15) is 33.1 Å². The SMILES string of the molecule is CCCC(C)CC(C(F)(F)F)C(F)(F)F. The molecule has 0 aliphatic rings. The minimum absolute atomic E-state index is 0.378. The van der Waals surface area contributed by atoms with Crippen molar-refractivity contribution in [3.8, 4) is 0 Å². The van der Waals surface area contributed by atoms with Gasteiger partial charge in [0.1, 0.15) is 0 Å². The first kappa shape index (κ1) is 14.6. The Labute approximate surface area is 84.7 Å². The topological polar surface area (TPSA) is 0 Å². The Morgan fingerprint density at radius 1 is 0.933 bits per heavy atom. The van der Waals surface area contributed by atoms with E-state index in [-0.39, 0.29) is 0 Å². The van der Waals surface area contributed by atoms with E-state index in [0.717, 1.165) is 0 Å². The van der Waals surface area contributed by atoms with Crippen LogP contribution in [0.25, 0.3) is 0 Å². The zero-order valence-electron chi connectivity index (χ0n) is 8.54. The Balaban J connectivity index is 4.54. The smallest absolute Gasteiger partial charge is 0.170 e. The number of alkyl halides is 6. The van der Waals surface area contributed by atoms with Gasteiger partial charge in [0.2, 0.25) is 0 Å². The van der Waals surface area contributed by atoms with Crippen LogP contribution < -0.4 is 0 Å². The first-order valence-electron chi connectivity index (χ1n) is 4.72. The first-order valence-corrected chi connectivity index (χ1v) is 4.72. The van der Waals surface area contributed by atoms with Crippen molar-refractivity contribution in [2.75, 3.05) is 0 Å². The zero-order valence-corrected chi connectivity index (χ0v) is 8.54. The average molecular weight is 236 g/mol. The Bertz CT molecular complexity index is 166. The fraction of sp³-hybridized carbons (Fsp3) is 1.00. The van der Waals surface area contributed by atoms with Crippen molar-refractivity contribution in [2.45, 2.75) is 45.5 Å². The second kappa shape index (κ2) is 5.07. The maximum absolute atomic E-state index is 12.1. The van der Waals surface area contributed by atoms with Crippen LogP contribution in [0.5, 0.6) is 0 Å². The zero-order chi connectivity index (χ0) is 12.3. The fourth-order valence-electron chi connectivity index (χ4n) is 1.47. The van der Waals surface area contributed by atoms with Crippen molar-refractivity contribution in [1.82, 2.24) is 0 Å². The molecule has 0 saturated heterocycles. The van der Waals surface area contributed by atoms with Gasteiger partial charge >= 0.3 is 12.4 Å². The molecule has 1 unspecified atom stereocenters. The molecule has 0 aliphatic heterocycles. The molecule has 15 heavy (non-hydrogen) atoms. The lowest BCUT2D eigenvalue weighted by molar-refractivity contribution is -0.288. The van der Waals surface area contributed by atoms with Crippen molar-refractivity contribution >= 4 is 0 Å². The molecular formula is C9H14F6. The highest BCUT2D eigenvalue weighted by Gasteiger charge is 2.56. The van der Waals surface area contributed by atoms with Crippen molar-refractivity contribution in [2.24, 2.45) is 11.8 Å². The molecule has 1 atom stereocenters. The van der Waals surface area contributed by atoms with Gasteiger partial charge in [0.15, 0.2) is 5.92 Å². The molecule has 0 fully saturated rings. The van der Waals surface area contributed by atoms with Gasteiger partial charge in [0.25, 0.3) is 0 Å². The molecule has 0 N–H and O–H groups in total. The molecule has 0 aromatic rings. The molecule has 92 valence electrons. The molecule has 0 rings (SSSR count). The van der Waals surface area contributed by atoms with Crippen molar-refractivity contribution in [3.63, 3.8) is 0 Å². The third-order valence-corrected chi connectivity index (χ3v) is 2.21. The number of rotatable bonds is 4. The Morgan fingerprint density at radius 2 is 1.33 bits per heavy atom. The molecule has 0 aliphatic carbocycles. The van der Waals surface area contributed by atoms with E-state index in [9.17, 15) is 26.3 Å². The van der Waals surface area contributed by atoms with E-state index < -0.39 is 30.6 Å². The van der Waals surface area contributed by atoms with E-state index in [1.165, 1.54) is 6.92 Å². The normalized spacial score (nSPS) is 15.8. The summed E-state index contributed by atoms with van der Waals surface area (Å²) in [6, 6.07) is 0. The van der Waals surface area contributed by atoms with E-state index in [2.05, 4.69) is 0 Å².